The molecular weight excluding hydrogens is 529 g/mol. The van der Waals surface area contributed by atoms with E-state index >= 15 is 0 Å². The Labute approximate surface area is 225 Å². The first-order valence-electron chi connectivity index (χ1n) is 12.6. The number of aliphatic hydroxyl groups excluding tert-OH is 3. The molecule has 2 saturated heterocycles. The SMILES string of the molecule is O=CN(Cc1ccc(F)cc1)c1nn[nH]c1-c1nc(N[C@@H]2CCOC2)c2ncn([C@@H]3O[C@H](CO)[C@@H](O)[C@H]3O)c2n1. The Bertz CT molecular complexity index is 1490. The van der Waals surface area contributed by atoms with Gasteiger partial charge in [-0.05, 0) is 24.1 Å². The smallest absolute Gasteiger partial charge is 0.215 e. The molecule has 0 bridgehead atoms. The zero-order chi connectivity index (χ0) is 27.8. The maximum atomic E-state index is 13.4. The number of benzene rings is 1. The summed E-state index contributed by atoms with van der Waals surface area (Å²) in [4.78, 5) is 27.1. The number of carbonyl (C=O) groups excluding carboxylic acids is 1. The van der Waals surface area contributed by atoms with E-state index in [0.717, 1.165) is 6.42 Å². The number of hydrogen-bond donors (Lipinski definition) is 5. The molecule has 5 heterocycles. The lowest BCUT2D eigenvalue weighted by molar-refractivity contribution is -0.107. The first-order valence-corrected chi connectivity index (χ1v) is 12.6. The Balaban J connectivity index is 1.42. The number of aromatic nitrogens is 7. The highest BCUT2D eigenvalue weighted by atomic mass is 19.1. The topological polar surface area (TPSA) is 197 Å². The number of anilines is 2. The molecule has 0 spiro atoms. The maximum Gasteiger partial charge on any atom is 0.215 e. The maximum absolute atomic E-state index is 13.4. The second kappa shape index (κ2) is 10.8. The van der Waals surface area contributed by atoms with Gasteiger partial charge < -0.3 is 30.1 Å². The molecule has 3 aromatic heterocycles. The van der Waals surface area contributed by atoms with E-state index in [0.29, 0.717) is 36.5 Å². The summed E-state index contributed by atoms with van der Waals surface area (Å²) in [5.74, 6) is 0.197. The molecule has 1 aromatic carbocycles. The molecule has 4 aromatic rings. The molecular formula is C24H26FN9O6. The van der Waals surface area contributed by atoms with E-state index in [9.17, 15) is 24.5 Å². The zero-order valence-corrected chi connectivity index (χ0v) is 21.0. The fraction of sp³-hybridized carbons (Fsp3) is 0.417. The quantitative estimate of drug-likeness (QED) is 0.170. The van der Waals surface area contributed by atoms with E-state index in [-0.39, 0.29) is 35.6 Å². The van der Waals surface area contributed by atoms with Crippen molar-refractivity contribution in [1.29, 1.82) is 0 Å². The van der Waals surface area contributed by atoms with Gasteiger partial charge in [0.1, 0.15) is 29.8 Å². The highest BCUT2D eigenvalue weighted by molar-refractivity contribution is 5.87. The third kappa shape index (κ3) is 4.75. The van der Waals surface area contributed by atoms with Gasteiger partial charge in [0.25, 0.3) is 0 Å². The van der Waals surface area contributed by atoms with Crippen molar-refractivity contribution in [2.75, 3.05) is 30.0 Å². The number of amides is 1. The number of hydrogen-bond acceptors (Lipinski definition) is 12. The second-order valence-electron chi connectivity index (χ2n) is 9.52. The predicted molar refractivity (Wildman–Crippen MR) is 135 cm³/mol. The third-order valence-electron chi connectivity index (χ3n) is 6.90. The van der Waals surface area contributed by atoms with E-state index in [1.54, 1.807) is 12.1 Å². The van der Waals surface area contributed by atoms with Gasteiger partial charge in [0.2, 0.25) is 6.41 Å². The van der Waals surface area contributed by atoms with Crippen LogP contribution >= 0.6 is 0 Å². The number of H-pyrrole nitrogens is 1. The molecule has 40 heavy (non-hydrogen) atoms. The van der Waals surface area contributed by atoms with Crippen LogP contribution in [0.15, 0.2) is 30.6 Å². The fourth-order valence-electron chi connectivity index (χ4n) is 4.79. The summed E-state index contributed by atoms with van der Waals surface area (Å²) < 4.78 is 26.0. The first-order chi connectivity index (χ1) is 19.5. The Morgan fingerprint density at radius 1 is 1.23 bits per heavy atom. The summed E-state index contributed by atoms with van der Waals surface area (Å²) >= 11 is 0. The van der Waals surface area contributed by atoms with Gasteiger partial charge in [0.15, 0.2) is 34.9 Å². The van der Waals surface area contributed by atoms with Gasteiger partial charge in [-0.3, -0.25) is 19.4 Å². The van der Waals surface area contributed by atoms with Crippen LogP contribution < -0.4 is 10.2 Å². The van der Waals surface area contributed by atoms with Gasteiger partial charge in [-0.1, -0.05) is 17.3 Å². The van der Waals surface area contributed by atoms with E-state index in [4.69, 9.17) is 9.47 Å². The number of nitrogens with zero attached hydrogens (tertiary/aromatic N) is 7. The van der Waals surface area contributed by atoms with Crippen LogP contribution in [0.3, 0.4) is 0 Å². The average molecular weight is 556 g/mol. The highest BCUT2D eigenvalue weighted by Crippen LogP contribution is 2.34. The predicted octanol–water partition coefficient (Wildman–Crippen LogP) is -0.274. The molecule has 0 radical (unpaired) electrons. The Kier molecular flexibility index (Phi) is 7.07. The number of ether oxygens (including phenoxy) is 2. The standard InChI is InChI=1S/C24H26FN9O6/c25-13-3-1-12(2-4-13)7-33(11-36)23-17(30-32-31-23)21-28-20(27-14-5-6-39-9-14)16-22(29-21)34(10-26-16)24-19(38)18(37)15(8-35)40-24/h1-4,10-11,14-15,18-19,24,35,37-38H,5-9H2,(H,27,28,29)(H,30,31,32)/t14-,15-,18-,19-,24-/m1/s1. The van der Waals surface area contributed by atoms with E-state index in [1.165, 1.54) is 27.9 Å². The molecule has 2 fully saturated rings. The lowest BCUT2D eigenvalue weighted by atomic mass is 10.1. The van der Waals surface area contributed by atoms with Crippen LogP contribution in [0.2, 0.25) is 0 Å². The minimum atomic E-state index is -1.36. The van der Waals surface area contributed by atoms with Gasteiger partial charge in [0.05, 0.1) is 32.1 Å². The molecule has 0 unspecified atom stereocenters. The molecule has 2 aliphatic rings. The molecule has 0 saturated carbocycles. The molecule has 210 valence electrons. The second-order valence-corrected chi connectivity index (χ2v) is 9.52. The number of imidazole rings is 1. The summed E-state index contributed by atoms with van der Waals surface area (Å²) in [6.07, 6.45) is -2.06. The first kappa shape index (κ1) is 26.1. The van der Waals surface area contributed by atoms with Crippen molar-refractivity contribution in [1.82, 2.24) is 34.9 Å². The van der Waals surface area contributed by atoms with Gasteiger partial charge >= 0.3 is 0 Å². The summed E-state index contributed by atoms with van der Waals surface area (Å²) in [6.45, 7) is 0.636. The monoisotopic (exact) mass is 555 g/mol. The van der Waals surface area contributed by atoms with Gasteiger partial charge in [0, 0.05) is 6.61 Å². The lowest BCUT2D eigenvalue weighted by Crippen LogP contribution is -2.33. The molecule has 1 amide bonds. The van der Waals surface area contributed by atoms with E-state index in [2.05, 4.69) is 35.7 Å². The number of fused-ring (bicyclic) bond motifs is 1. The Morgan fingerprint density at radius 2 is 2.05 bits per heavy atom. The number of rotatable bonds is 9. The molecule has 6 rings (SSSR count). The normalized spacial score (nSPS) is 24.6. The van der Waals surface area contributed by atoms with Crippen LogP contribution in [-0.4, -0.2) is 101 Å². The van der Waals surface area contributed by atoms with Crippen molar-refractivity contribution in [3.63, 3.8) is 0 Å². The lowest BCUT2D eigenvalue weighted by Gasteiger charge is -2.18. The van der Waals surface area contributed by atoms with Crippen molar-refractivity contribution in [2.45, 2.75) is 43.5 Å². The van der Waals surface area contributed by atoms with Gasteiger partial charge in [-0.25, -0.2) is 19.3 Å². The number of halogens is 1. The number of carbonyl (C=O) groups is 1. The highest BCUT2D eigenvalue weighted by Gasteiger charge is 2.44. The molecule has 16 heteroatoms. The summed E-state index contributed by atoms with van der Waals surface area (Å²) in [6, 6.07) is 5.65. The Hall–Kier alpha value is -4.09. The van der Waals surface area contributed by atoms with Crippen LogP contribution in [0.4, 0.5) is 16.0 Å². The minimum Gasteiger partial charge on any atom is -0.394 e. The van der Waals surface area contributed by atoms with Crippen molar-refractivity contribution in [3.05, 3.63) is 42.0 Å². The molecule has 0 aliphatic carbocycles. The minimum absolute atomic E-state index is 0.0469. The summed E-state index contributed by atoms with van der Waals surface area (Å²) in [5, 5.41) is 44.5. The van der Waals surface area contributed by atoms with E-state index in [1.807, 2.05) is 0 Å². The zero-order valence-electron chi connectivity index (χ0n) is 21.0. The van der Waals surface area contributed by atoms with Crippen molar-refractivity contribution >= 4 is 29.2 Å². The number of aromatic amines is 1. The average Bonchev–Trinajstić information content (AvgIpc) is 3.77. The van der Waals surface area contributed by atoms with Crippen molar-refractivity contribution < 1.29 is 34.0 Å². The molecule has 15 nitrogen and oxygen atoms in total. The van der Waals surface area contributed by atoms with Crippen molar-refractivity contribution in [2.24, 2.45) is 0 Å². The molecule has 5 atom stereocenters. The number of nitrogens with one attached hydrogen (secondary N) is 2. The van der Waals surface area contributed by atoms with Crippen LogP contribution in [0, 0.1) is 5.82 Å². The number of aliphatic hydroxyl groups is 3. The van der Waals surface area contributed by atoms with Crippen LogP contribution in [0.1, 0.15) is 18.2 Å². The van der Waals surface area contributed by atoms with Crippen LogP contribution in [0.5, 0.6) is 0 Å². The van der Waals surface area contributed by atoms with Gasteiger partial charge in [-0.2, -0.15) is 0 Å². The summed E-state index contributed by atoms with van der Waals surface area (Å²) in [7, 11) is 0. The van der Waals surface area contributed by atoms with Crippen LogP contribution in [-0.2, 0) is 20.8 Å². The summed E-state index contributed by atoms with van der Waals surface area (Å²) in [5.41, 5.74) is 1.49. The van der Waals surface area contributed by atoms with Gasteiger partial charge in [-0.15, -0.1) is 5.10 Å². The Morgan fingerprint density at radius 3 is 2.75 bits per heavy atom. The van der Waals surface area contributed by atoms with Crippen LogP contribution in [0.25, 0.3) is 22.7 Å². The van der Waals surface area contributed by atoms with Crippen molar-refractivity contribution in [3.8, 4) is 11.5 Å². The molecule has 2 aliphatic heterocycles. The fourth-order valence-corrected chi connectivity index (χ4v) is 4.79. The molecule has 5 N–H and O–H groups in total. The largest absolute Gasteiger partial charge is 0.394 e. The van der Waals surface area contributed by atoms with E-state index < -0.39 is 37.0 Å². The third-order valence-corrected chi connectivity index (χ3v) is 6.90.